The van der Waals surface area contributed by atoms with Gasteiger partial charge in [0, 0.05) is 36.6 Å². The Bertz CT molecular complexity index is 1010. The van der Waals surface area contributed by atoms with Gasteiger partial charge in [-0.15, -0.1) is 0 Å². The molecule has 1 aromatic rings. The summed E-state index contributed by atoms with van der Waals surface area (Å²) >= 11 is 0. The number of piperidine rings is 1. The summed E-state index contributed by atoms with van der Waals surface area (Å²) in [5, 5.41) is 22.1. The Hall–Kier alpha value is -1.56. The van der Waals surface area contributed by atoms with Crippen LogP contribution in [0.15, 0.2) is 24.3 Å². The highest BCUT2D eigenvalue weighted by Crippen LogP contribution is 2.75. The molecule has 2 aliphatic heterocycles. The fourth-order valence-corrected chi connectivity index (χ4v) is 8.58. The minimum Gasteiger partial charge on any atom is -0.504 e. The van der Waals surface area contributed by atoms with E-state index in [1.807, 2.05) is 19.9 Å². The van der Waals surface area contributed by atoms with Gasteiger partial charge in [0.15, 0.2) is 11.5 Å². The quantitative estimate of drug-likeness (QED) is 0.729. The zero-order chi connectivity index (χ0) is 21.4. The van der Waals surface area contributed by atoms with Gasteiger partial charge in [-0.05, 0) is 70.0 Å². The van der Waals surface area contributed by atoms with E-state index in [2.05, 4.69) is 23.1 Å². The number of fused-ring (bicyclic) bond motifs is 1. The van der Waals surface area contributed by atoms with Crippen LogP contribution in [0, 0.1) is 17.3 Å². The van der Waals surface area contributed by atoms with Gasteiger partial charge in [-0.25, -0.2) is 0 Å². The molecule has 166 valence electrons. The summed E-state index contributed by atoms with van der Waals surface area (Å²) in [6.07, 6.45) is 10.0. The van der Waals surface area contributed by atoms with E-state index in [-0.39, 0.29) is 28.6 Å². The van der Waals surface area contributed by atoms with Crippen LogP contribution in [0.1, 0.15) is 50.7 Å². The number of aromatic hydroxyl groups is 1. The van der Waals surface area contributed by atoms with Crippen molar-refractivity contribution in [2.75, 3.05) is 20.2 Å². The van der Waals surface area contributed by atoms with Crippen LogP contribution in [0.25, 0.3) is 0 Å². The summed E-state index contributed by atoms with van der Waals surface area (Å²) in [6, 6.07) is 4.33. The summed E-state index contributed by atoms with van der Waals surface area (Å²) in [6.45, 7) is 6.09. The lowest BCUT2D eigenvalue weighted by atomic mass is 9.36. The molecule has 0 radical (unpaired) electrons. The molecule has 2 N–H and O–H groups in total. The number of hydrogen-bond donors (Lipinski definition) is 2. The number of aliphatic hydroxyl groups is 1. The van der Waals surface area contributed by atoms with Gasteiger partial charge in [0.05, 0.1) is 11.0 Å². The molecule has 31 heavy (non-hydrogen) atoms. The summed E-state index contributed by atoms with van der Waals surface area (Å²) < 4.78 is 13.1. The van der Waals surface area contributed by atoms with E-state index in [1.165, 1.54) is 30.5 Å². The van der Waals surface area contributed by atoms with Crippen LogP contribution in [0.2, 0.25) is 0 Å². The lowest BCUT2D eigenvalue weighted by Crippen LogP contribution is -2.80. The van der Waals surface area contributed by atoms with Crippen LogP contribution in [-0.4, -0.2) is 58.7 Å². The number of nitrogens with zero attached hydrogens (tertiary/aromatic N) is 1. The molecule has 1 saturated heterocycles. The Morgan fingerprint density at radius 3 is 2.77 bits per heavy atom. The molecular weight excluding hydrogens is 390 g/mol. The van der Waals surface area contributed by atoms with Crippen molar-refractivity contribution < 1.29 is 19.7 Å². The first-order valence-electron chi connectivity index (χ1n) is 12.0. The van der Waals surface area contributed by atoms with E-state index in [9.17, 15) is 10.2 Å². The molecule has 2 saturated carbocycles. The van der Waals surface area contributed by atoms with Crippen molar-refractivity contribution in [3.8, 4) is 11.5 Å². The van der Waals surface area contributed by atoms with Crippen molar-refractivity contribution in [3.05, 3.63) is 35.4 Å². The Morgan fingerprint density at radius 1 is 1.26 bits per heavy atom. The summed E-state index contributed by atoms with van der Waals surface area (Å²) in [7, 11) is 1.76. The molecular formula is C26H33NO4. The highest BCUT2D eigenvalue weighted by Gasteiger charge is 2.80. The van der Waals surface area contributed by atoms with Crippen LogP contribution in [0.4, 0.5) is 0 Å². The normalized spacial score (nSPS) is 44.3. The van der Waals surface area contributed by atoms with E-state index in [0.29, 0.717) is 11.8 Å². The Kier molecular flexibility index (Phi) is 3.36. The first-order chi connectivity index (χ1) is 14.8. The van der Waals surface area contributed by atoms with Crippen LogP contribution < -0.4 is 4.74 Å². The van der Waals surface area contributed by atoms with E-state index in [0.717, 1.165) is 31.7 Å². The molecule has 2 heterocycles. The van der Waals surface area contributed by atoms with Gasteiger partial charge >= 0.3 is 0 Å². The number of benzene rings is 1. The maximum absolute atomic E-state index is 11.3. The predicted molar refractivity (Wildman–Crippen MR) is 116 cm³/mol. The van der Waals surface area contributed by atoms with Crippen molar-refractivity contribution in [2.45, 2.75) is 74.7 Å². The maximum Gasteiger partial charge on any atom is 0.165 e. The standard InChI is InChI=1S/C26H33NO4/c1-23(2,29)18-13-24-8-9-26(18,30-3)22-25(24)10-11-27(14-15-4-5-15)19(24)12-16-6-7-17(28)21(31-22)20(16)25/h6-9,15,18-19,22,28-29H,4-5,10-14H2,1-3H3/t18?,19-,22-,24-,25+,26-/m1/s1. The largest absolute Gasteiger partial charge is 0.504 e. The number of rotatable bonds is 4. The van der Waals surface area contributed by atoms with E-state index in [1.54, 1.807) is 7.11 Å². The van der Waals surface area contributed by atoms with Gasteiger partial charge in [-0.2, -0.15) is 0 Å². The topological polar surface area (TPSA) is 62.2 Å². The molecule has 1 unspecified atom stereocenters. The van der Waals surface area contributed by atoms with Crippen molar-refractivity contribution in [1.82, 2.24) is 4.90 Å². The minimum absolute atomic E-state index is 0.0745. The molecule has 6 atom stereocenters. The van der Waals surface area contributed by atoms with Crippen LogP contribution in [0.5, 0.6) is 11.5 Å². The zero-order valence-electron chi connectivity index (χ0n) is 18.7. The molecule has 8 rings (SSSR count). The molecule has 2 spiro atoms. The molecule has 3 fully saturated rings. The molecule has 0 amide bonds. The second-order valence-electron chi connectivity index (χ2n) is 11.7. The second kappa shape index (κ2) is 5.49. The third kappa shape index (κ3) is 1.97. The fraction of sp³-hybridized carbons (Fsp3) is 0.692. The van der Waals surface area contributed by atoms with Gasteiger partial charge < -0.3 is 19.7 Å². The molecule has 1 aromatic carbocycles. The fourth-order valence-electron chi connectivity index (χ4n) is 8.58. The molecule has 5 heteroatoms. The van der Waals surface area contributed by atoms with E-state index < -0.39 is 11.2 Å². The average molecular weight is 424 g/mol. The number of phenolic OH excluding ortho intramolecular Hbond substituents is 1. The monoisotopic (exact) mass is 423 g/mol. The van der Waals surface area contributed by atoms with Crippen LogP contribution >= 0.6 is 0 Å². The van der Waals surface area contributed by atoms with Gasteiger partial charge in [-0.3, -0.25) is 4.90 Å². The SMILES string of the molecule is CO[C@]12C=C[C@@]3(CC1C(C)(C)O)[C@H]1Cc4ccc(O)c5c4[C@@]3(CCN1CC1CC1)[C@H]2O5. The number of methoxy groups -OCH3 is 1. The lowest BCUT2D eigenvalue weighted by Gasteiger charge is -2.72. The third-order valence-corrected chi connectivity index (χ3v) is 9.96. The van der Waals surface area contributed by atoms with Crippen molar-refractivity contribution >= 4 is 0 Å². The first kappa shape index (κ1) is 19.0. The van der Waals surface area contributed by atoms with Gasteiger partial charge in [-0.1, -0.05) is 18.2 Å². The molecule has 0 aromatic heterocycles. The Morgan fingerprint density at radius 2 is 2.06 bits per heavy atom. The predicted octanol–water partition coefficient (Wildman–Crippen LogP) is 3.16. The van der Waals surface area contributed by atoms with Crippen LogP contribution in [-0.2, 0) is 16.6 Å². The van der Waals surface area contributed by atoms with E-state index >= 15 is 0 Å². The highest BCUT2D eigenvalue weighted by atomic mass is 16.6. The Labute approximate surface area is 184 Å². The third-order valence-electron chi connectivity index (χ3n) is 9.96. The van der Waals surface area contributed by atoms with Gasteiger partial charge in [0.25, 0.3) is 0 Å². The second-order valence-corrected chi connectivity index (χ2v) is 11.7. The maximum atomic E-state index is 11.3. The summed E-state index contributed by atoms with van der Waals surface area (Å²) in [5.74, 6) is 1.68. The van der Waals surface area contributed by atoms with Crippen molar-refractivity contribution in [3.63, 3.8) is 0 Å². The summed E-state index contributed by atoms with van der Waals surface area (Å²) in [5.41, 5.74) is 0.654. The van der Waals surface area contributed by atoms with E-state index in [4.69, 9.17) is 9.47 Å². The van der Waals surface area contributed by atoms with Crippen molar-refractivity contribution in [1.29, 1.82) is 0 Å². The first-order valence-corrected chi connectivity index (χ1v) is 12.0. The molecule has 7 aliphatic rings. The number of phenols is 1. The van der Waals surface area contributed by atoms with Gasteiger partial charge in [0.2, 0.25) is 0 Å². The van der Waals surface area contributed by atoms with Gasteiger partial charge in [0.1, 0.15) is 11.7 Å². The Balaban J connectivity index is 1.51. The highest BCUT2D eigenvalue weighted by molar-refractivity contribution is 5.65. The molecule has 5 aliphatic carbocycles. The molecule has 4 bridgehead atoms. The molecule has 5 nitrogen and oxygen atoms in total. The van der Waals surface area contributed by atoms with Crippen molar-refractivity contribution in [2.24, 2.45) is 17.3 Å². The van der Waals surface area contributed by atoms with Crippen LogP contribution in [0.3, 0.4) is 0 Å². The smallest absolute Gasteiger partial charge is 0.165 e. The zero-order valence-corrected chi connectivity index (χ0v) is 18.7. The number of likely N-dealkylation sites (tertiary alicyclic amines) is 1. The average Bonchev–Trinajstić information content (AvgIpc) is 3.47. The minimum atomic E-state index is -0.897. The lowest BCUT2D eigenvalue weighted by molar-refractivity contribution is -0.245. The number of hydrogen-bond acceptors (Lipinski definition) is 5. The summed E-state index contributed by atoms with van der Waals surface area (Å²) in [4.78, 5) is 2.75. The number of ether oxygens (including phenoxy) is 2.